The predicted molar refractivity (Wildman–Crippen MR) is 92.5 cm³/mol. The summed E-state index contributed by atoms with van der Waals surface area (Å²) in [4.78, 5) is 12.2. The first-order chi connectivity index (χ1) is 10.5. The Bertz CT molecular complexity index is 547. The molecule has 22 heavy (non-hydrogen) atoms. The minimum absolute atomic E-state index is 0.0277. The van der Waals surface area contributed by atoms with Crippen LogP contribution in [0.5, 0.6) is 0 Å². The summed E-state index contributed by atoms with van der Waals surface area (Å²) >= 11 is 1.59. The van der Waals surface area contributed by atoms with Crippen molar-refractivity contribution in [2.24, 2.45) is 0 Å². The van der Waals surface area contributed by atoms with Gasteiger partial charge in [0.1, 0.15) is 6.04 Å². The minimum Gasteiger partial charge on any atom is -0.354 e. The zero-order valence-electron chi connectivity index (χ0n) is 13.0. The number of sulfonamides is 1. The van der Waals surface area contributed by atoms with Gasteiger partial charge in [-0.05, 0) is 37.3 Å². The van der Waals surface area contributed by atoms with Crippen LogP contribution in [-0.2, 0) is 21.2 Å². The largest absolute Gasteiger partial charge is 0.354 e. The predicted octanol–water partition coefficient (Wildman–Crippen LogP) is 1.41. The average Bonchev–Trinajstić information content (AvgIpc) is 2.52. The molecule has 1 aromatic rings. The first kappa shape index (κ1) is 19.0. The van der Waals surface area contributed by atoms with Crippen molar-refractivity contribution in [3.05, 3.63) is 35.9 Å². The second kappa shape index (κ2) is 9.86. The Morgan fingerprint density at radius 3 is 2.55 bits per heavy atom. The smallest absolute Gasteiger partial charge is 0.238 e. The molecule has 0 radical (unpaired) electrons. The van der Waals surface area contributed by atoms with Crippen LogP contribution < -0.4 is 10.0 Å². The summed E-state index contributed by atoms with van der Waals surface area (Å²) < 4.78 is 25.8. The van der Waals surface area contributed by atoms with E-state index in [0.717, 1.165) is 17.7 Å². The van der Waals surface area contributed by atoms with Gasteiger partial charge in [0.25, 0.3) is 0 Å². The Balaban J connectivity index is 2.52. The van der Waals surface area contributed by atoms with Crippen LogP contribution in [0.15, 0.2) is 30.3 Å². The van der Waals surface area contributed by atoms with Crippen LogP contribution in [-0.4, -0.2) is 44.7 Å². The van der Waals surface area contributed by atoms with Crippen LogP contribution in [0.4, 0.5) is 0 Å². The van der Waals surface area contributed by atoms with Crippen LogP contribution in [0.25, 0.3) is 0 Å². The molecule has 0 fully saturated rings. The van der Waals surface area contributed by atoms with Gasteiger partial charge in [-0.1, -0.05) is 30.3 Å². The lowest BCUT2D eigenvalue weighted by molar-refractivity contribution is -0.122. The van der Waals surface area contributed by atoms with E-state index in [0.29, 0.717) is 13.0 Å². The topological polar surface area (TPSA) is 75.3 Å². The summed E-state index contributed by atoms with van der Waals surface area (Å²) in [6, 6.07) is 9.14. The van der Waals surface area contributed by atoms with Crippen LogP contribution in [0.2, 0.25) is 0 Å². The van der Waals surface area contributed by atoms with E-state index in [2.05, 4.69) is 10.0 Å². The average molecular weight is 345 g/mol. The maximum atomic E-state index is 12.2. The fourth-order valence-corrected chi connectivity index (χ4v) is 3.17. The van der Waals surface area contributed by atoms with Crippen molar-refractivity contribution in [3.63, 3.8) is 0 Å². The van der Waals surface area contributed by atoms with Gasteiger partial charge >= 0.3 is 0 Å². The Morgan fingerprint density at radius 2 is 1.95 bits per heavy atom. The molecule has 2 N–H and O–H groups in total. The number of carbonyl (C=O) groups excluding carboxylic acids is 1. The molecule has 0 aliphatic rings. The third-order valence-corrected chi connectivity index (χ3v) is 5.23. The molecule has 0 aliphatic carbocycles. The molecular weight excluding hydrogens is 320 g/mol. The van der Waals surface area contributed by atoms with Crippen molar-refractivity contribution in [1.29, 1.82) is 0 Å². The highest BCUT2D eigenvalue weighted by Crippen LogP contribution is 2.04. The van der Waals surface area contributed by atoms with Crippen molar-refractivity contribution < 1.29 is 13.2 Å². The molecule has 0 saturated carbocycles. The third kappa shape index (κ3) is 7.29. The number of thioether (sulfide) groups is 1. The first-order valence-corrected chi connectivity index (χ1v) is 10.3. The van der Waals surface area contributed by atoms with Gasteiger partial charge in [0.2, 0.25) is 15.9 Å². The molecule has 1 rings (SSSR count). The third-order valence-electron chi connectivity index (χ3n) is 3.18. The van der Waals surface area contributed by atoms with E-state index < -0.39 is 16.1 Å². The molecule has 0 bridgehead atoms. The van der Waals surface area contributed by atoms with E-state index in [1.165, 1.54) is 0 Å². The maximum Gasteiger partial charge on any atom is 0.238 e. The summed E-state index contributed by atoms with van der Waals surface area (Å²) in [5.74, 6) is 0.435. The number of hydrogen-bond donors (Lipinski definition) is 2. The summed E-state index contributed by atoms with van der Waals surface area (Å²) in [5.41, 5.74) is 1.14. The molecule has 1 atom stereocenters. The Hall–Kier alpha value is -1.05. The highest BCUT2D eigenvalue weighted by Gasteiger charge is 2.22. The molecule has 0 spiro atoms. The summed E-state index contributed by atoms with van der Waals surface area (Å²) in [6.45, 7) is 2.05. The van der Waals surface area contributed by atoms with Crippen molar-refractivity contribution in [2.45, 2.75) is 25.8 Å². The SMILES string of the molecule is CCS(=O)(=O)NC(CCSC)C(=O)NCCc1ccccc1. The van der Waals surface area contributed by atoms with Gasteiger partial charge in [0, 0.05) is 6.54 Å². The van der Waals surface area contributed by atoms with Gasteiger partial charge in [-0.3, -0.25) is 4.79 Å². The number of rotatable bonds is 10. The molecular formula is C15H24N2O3S2. The first-order valence-electron chi connectivity index (χ1n) is 7.29. The van der Waals surface area contributed by atoms with Crippen molar-refractivity contribution in [3.8, 4) is 0 Å². The van der Waals surface area contributed by atoms with Crippen LogP contribution >= 0.6 is 11.8 Å². The van der Waals surface area contributed by atoms with Crippen molar-refractivity contribution >= 4 is 27.7 Å². The van der Waals surface area contributed by atoms with Gasteiger partial charge in [-0.2, -0.15) is 11.8 Å². The fraction of sp³-hybridized carbons (Fsp3) is 0.533. The van der Waals surface area contributed by atoms with Gasteiger partial charge in [0.15, 0.2) is 0 Å². The molecule has 1 unspecified atom stereocenters. The second-order valence-corrected chi connectivity index (χ2v) is 7.91. The van der Waals surface area contributed by atoms with E-state index in [4.69, 9.17) is 0 Å². The molecule has 0 saturated heterocycles. The number of benzene rings is 1. The molecule has 0 heterocycles. The molecule has 1 aromatic carbocycles. The molecule has 7 heteroatoms. The summed E-state index contributed by atoms with van der Waals surface area (Å²) in [6.07, 6.45) is 3.14. The number of amides is 1. The molecule has 0 aromatic heterocycles. The van der Waals surface area contributed by atoms with Gasteiger partial charge in [-0.15, -0.1) is 0 Å². The standard InChI is InChI=1S/C15H24N2O3S2/c1-3-22(19,20)17-14(10-12-21-2)15(18)16-11-9-13-7-5-4-6-8-13/h4-8,14,17H,3,9-12H2,1-2H3,(H,16,18). The van der Waals surface area contributed by atoms with Gasteiger partial charge in [0.05, 0.1) is 5.75 Å². The molecule has 124 valence electrons. The van der Waals surface area contributed by atoms with E-state index in [-0.39, 0.29) is 11.7 Å². The maximum absolute atomic E-state index is 12.2. The van der Waals surface area contributed by atoms with E-state index in [1.54, 1.807) is 18.7 Å². The zero-order chi connectivity index (χ0) is 16.4. The highest BCUT2D eigenvalue weighted by atomic mass is 32.2. The van der Waals surface area contributed by atoms with Crippen molar-refractivity contribution in [1.82, 2.24) is 10.0 Å². The lowest BCUT2D eigenvalue weighted by Crippen LogP contribution is -2.47. The quantitative estimate of drug-likeness (QED) is 0.673. The fourth-order valence-electron chi connectivity index (χ4n) is 1.88. The summed E-state index contributed by atoms with van der Waals surface area (Å²) in [5, 5.41) is 2.81. The monoisotopic (exact) mass is 344 g/mol. The lowest BCUT2D eigenvalue weighted by Gasteiger charge is -2.17. The molecule has 5 nitrogen and oxygen atoms in total. The highest BCUT2D eigenvalue weighted by molar-refractivity contribution is 7.98. The summed E-state index contributed by atoms with van der Waals surface area (Å²) in [7, 11) is -3.39. The number of carbonyl (C=O) groups is 1. The lowest BCUT2D eigenvalue weighted by atomic mass is 10.1. The zero-order valence-corrected chi connectivity index (χ0v) is 14.7. The molecule has 1 amide bonds. The van der Waals surface area contributed by atoms with E-state index in [9.17, 15) is 13.2 Å². The number of hydrogen-bond acceptors (Lipinski definition) is 4. The van der Waals surface area contributed by atoms with E-state index >= 15 is 0 Å². The van der Waals surface area contributed by atoms with Crippen LogP contribution in [0, 0.1) is 0 Å². The molecule has 0 aliphatic heterocycles. The van der Waals surface area contributed by atoms with Crippen LogP contribution in [0.1, 0.15) is 18.9 Å². The minimum atomic E-state index is -3.39. The van der Waals surface area contributed by atoms with E-state index in [1.807, 2.05) is 36.6 Å². The number of nitrogens with one attached hydrogen (secondary N) is 2. The Morgan fingerprint density at radius 1 is 1.27 bits per heavy atom. The Kier molecular flexibility index (Phi) is 8.52. The van der Waals surface area contributed by atoms with Crippen molar-refractivity contribution in [2.75, 3.05) is 24.3 Å². The van der Waals surface area contributed by atoms with Crippen LogP contribution in [0.3, 0.4) is 0 Å². The normalized spacial score (nSPS) is 12.8. The Labute approximate surface area is 137 Å². The van der Waals surface area contributed by atoms with Gasteiger partial charge in [-0.25, -0.2) is 13.1 Å². The second-order valence-electron chi connectivity index (χ2n) is 4.88. The van der Waals surface area contributed by atoms with Gasteiger partial charge < -0.3 is 5.32 Å².